The van der Waals surface area contributed by atoms with E-state index in [1.807, 2.05) is 0 Å². The first-order chi connectivity index (χ1) is 16.5. The maximum atomic E-state index is 14.2. The zero-order valence-electron chi connectivity index (χ0n) is 18.0. The third-order valence-electron chi connectivity index (χ3n) is 4.53. The van der Waals surface area contributed by atoms with Crippen molar-refractivity contribution in [1.82, 2.24) is 19.9 Å². The molecule has 1 atom stereocenters. The van der Waals surface area contributed by atoms with E-state index >= 15 is 0 Å². The molecule has 2 amide bonds. The van der Waals surface area contributed by atoms with Gasteiger partial charge in [0.2, 0.25) is 11.6 Å². The van der Waals surface area contributed by atoms with Crippen LogP contribution in [0.4, 0.5) is 25.0 Å². The third kappa shape index (κ3) is 5.52. The number of rotatable bonds is 9. The number of nitro benzene ring substituents is 1. The molecule has 2 aromatic heterocycles. The van der Waals surface area contributed by atoms with E-state index in [1.54, 1.807) is 6.92 Å². The minimum Gasteiger partial charge on any atom is -0.488 e. The number of ether oxygens (including phenoxy) is 2. The fraction of sp³-hybridized carbons (Fsp3) is 0.263. The second-order valence-electron chi connectivity index (χ2n) is 7.05. The predicted octanol–water partition coefficient (Wildman–Crippen LogP) is 3.00. The van der Waals surface area contributed by atoms with Crippen LogP contribution in [0, 0.1) is 21.7 Å². The molecule has 0 bridgehead atoms. The summed E-state index contributed by atoms with van der Waals surface area (Å²) in [7, 11) is 0.974. The topological polar surface area (TPSA) is 170 Å². The first-order valence-corrected chi connectivity index (χ1v) is 10.0. The van der Waals surface area contributed by atoms with Crippen LogP contribution >= 0.6 is 11.6 Å². The molecule has 0 radical (unpaired) electrons. The average molecular weight is 515 g/mol. The summed E-state index contributed by atoms with van der Waals surface area (Å²) in [5.41, 5.74) is -1.20. The van der Waals surface area contributed by atoms with Crippen molar-refractivity contribution in [3.05, 3.63) is 56.5 Å². The van der Waals surface area contributed by atoms with Crippen molar-refractivity contribution >= 4 is 40.6 Å². The number of carboxylic acid groups (broad SMARTS) is 1. The second kappa shape index (κ2) is 10.4. The van der Waals surface area contributed by atoms with Crippen LogP contribution in [0.15, 0.2) is 18.3 Å². The highest BCUT2D eigenvalue weighted by molar-refractivity contribution is 6.29. The summed E-state index contributed by atoms with van der Waals surface area (Å²) in [5.74, 6) is -4.37. The van der Waals surface area contributed by atoms with Crippen molar-refractivity contribution in [2.45, 2.75) is 19.6 Å². The predicted molar refractivity (Wildman–Crippen MR) is 116 cm³/mol. The van der Waals surface area contributed by atoms with Crippen LogP contribution in [-0.4, -0.2) is 56.4 Å². The number of methoxy groups -OCH3 is 1. The lowest BCUT2D eigenvalue weighted by Gasteiger charge is -2.15. The smallest absolute Gasteiger partial charge is 0.409 e. The van der Waals surface area contributed by atoms with Gasteiger partial charge < -0.3 is 19.9 Å². The molecule has 0 saturated heterocycles. The lowest BCUT2D eigenvalue weighted by Crippen LogP contribution is -2.36. The Balaban J connectivity index is 1.68. The minimum atomic E-state index is -1.52. The third-order valence-corrected chi connectivity index (χ3v) is 4.72. The number of hydrogen-bond donors (Lipinski definition) is 3. The van der Waals surface area contributed by atoms with Crippen molar-refractivity contribution in [2.24, 2.45) is 0 Å². The molecule has 0 unspecified atom stereocenters. The van der Waals surface area contributed by atoms with Gasteiger partial charge >= 0.3 is 11.8 Å². The molecule has 0 aliphatic rings. The minimum absolute atomic E-state index is 0.00998. The number of carbonyl (C=O) groups excluding carboxylic acids is 1. The van der Waals surface area contributed by atoms with Crippen LogP contribution in [0.2, 0.25) is 5.15 Å². The standard InChI is InChI=1S/C19H17ClF2N6O7/c1-8(6-35-7-9-3-11(28(32)33)16(34-2)15(22)14(9)21)24-18(29)12-5-23-17-10(25-19(30)31)4-13(20)26-27(12)17/h3-5,8,25H,6-7H2,1-2H3,(H,24,29)(H,30,31)/t8-/m1/s1. The molecule has 16 heteroatoms. The molecule has 186 valence electrons. The Labute approximate surface area is 199 Å². The van der Waals surface area contributed by atoms with Crippen LogP contribution in [0.3, 0.4) is 0 Å². The molecule has 35 heavy (non-hydrogen) atoms. The van der Waals surface area contributed by atoms with Gasteiger partial charge in [-0.2, -0.15) is 9.49 Å². The number of fused-ring (bicyclic) bond motifs is 1. The Morgan fingerprint density at radius 3 is 2.69 bits per heavy atom. The molecule has 13 nitrogen and oxygen atoms in total. The number of imidazole rings is 1. The van der Waals surface area contributed by atoms with Crippen molar-refractivity contribution in [3.63, 3.8) is 0 Å². The highest BCUT2D eigenvalue weighted by Crippen LogP contribution is 2.33. The quantitative estimate of drug-likeness (QED) is 0.287. The molecule has 0 spiro atoms. The number of hydrogen-bond acceptors (Lipinski definition) is 8. The van der Waals surface area contributed by atoms with Crippen molar-refractivity contribution in [2.75, 3.05) is 19.0 Å². The van der Waals surface area contributed by atoms with Crippen molar-refractivity contribution < 1.29 is 37.9 Å². The van der Waals surface area contributed by atoms with Gasteiger partial charge in [-0.05, 0) is 6.92 Å². The van der Waals surface area contributed by atoms with Gasteiger partial charge in [-0.3, -0.25) is 20.2 Å². The fourth-order valence-electron chi connectivity index (χ4n) is 3.07. The largest absolute Gasteiger partial charge is 0.488 e. The number of nitrogens with zero attached hydrogens (tertiary/aromatic N) is 4. The zero-order valence-corrected chi connectivity index (χ0v) is 18.8. The molecular formula is C19H17ClF2N6O7. The molecule has 1 aromatic carbocycles. The van der Waals surface area contributed by atoms with E-state index in [2.05, 4.69) is 25.5 Å². The SMILES string of the molecule is COc1c([N+](=O)[O-])cc(COC[C@@H](C)NC(=O)c2cnc3c(NC(=O)O)cc(Cl)nn23)c(F)c1F. The summed E-state index contributed by atoms with van der Waals surface area (Å²) >= 11 is 5.90. The Morgan fingerprint density at radius 1 is 1.34 bits per heavy atom. The number of carbonyl (C=O) groups is 2. The Hall–Kier alpha value is -4.11. The second-order valence-corrected chi connectivity index (χ2v) is 7.44. The molecule has 0 saturated carbocycles. The molecule has 3 rings (SSSR count). The summed E-state index contributed by atoms with van der Waals surface area (Å²) in [6.45, 7) is 0.848. The van der Waals surface area contributed by atoms with Gasteiger partial charge in [-0.15, -0.1) is 0 Å². The molecule has 2 heterocycles. The normalized spacial score (nSPS) is 11.8. The number of amides is 2. The highest BCUT2D eigenvalue weighted by Gasteiger charge is 2.26. The van der Waals surface area contributed by atoms with Gasteiger partial charge in [-0.1, -0.05) is 11.6 Å². The van der Waals surface area contributed by atoms with E-state index in [0.717, 1.165) is 23.9 Å². The number of benzene rings is 1. The Morgan fingerprint density at radius 2 is 2.06 bits per heavy atom. The summed E-state index contributed by atoms with van der Waals surface area (Å²) in [5, 5.41) is 28.5. The van der Waals surface area contributed by atoms with Crippen LogP contribution in [0.1, 0.15) is 23.0 Å². The highest BCUT2D eigenvalue weighted by atomic mass is 35.5. The van der Waals surface area contributed by atoms with E-state index in [0.29, 0.717) is 0 Å². The number of halogens is 3. The number of nitro groups is 1. The van der Waals surface area contributed by atoms with Gasteiger partial charge in [-0.25, -0.2) is 18.7 Å². The van der Waals surface area contributed by atoms with Gasteiger partial charge in [0.1, 0.15) is 0 Å². The van der Waals surface area contributed by atoms with Crippen LogP contribution < -0.4 is 15.4 Å². The lowest BCUT2D eigenvalue weighted by atomic mass is 10.1. The summed E-state index contributed by atoms with van der Waals surface area (Å²) in [6.07, 6.45) is -0.212. The molecular weight excluding hydrogens is 498 g/mol. The van der Waals surface area contributed by atoms with Gasteiger partial charge in [0.25, 0.3) is 5.91 Å². The van der Waals surface area contributed by atoms with E-state index in [-0.39, 0.29) is 28.8 Å². The number of nitrogens with one attached hydrogen (secondary N) is 2. The van der Waals surface area contributed by atoms with E-state index in [4.69, 9.17) is 21.4 Å². The summed E-state index contributed by atoms with van der Waals surface area (Å²) in [4.78, 5) is 37.8. The number of aromatic nitrogens is 3. The molecule has 3 aromatic rings. The molecule has 0 aliphatic carbocycles. The Bertz CT molecular complexity index is 1320. The molecule has 0 aliphatic heterocycles. The zero-order chi connectivity index (χ0) is 25.9. The van der Waals surface area contributed by atoms with E-state index in [1.165, 1.54) is 6.07 Å². The Kier molecular flexibility index (Phi) is 7.61. The van der Waals surface area contributed by atoms with Crippen LogP contribution in [0.25, 0.3) is 5.65 Å². The fourth-order valence-corrected chi connectivity index (χ4v) is 3.25. The average Bonchev–Trinajstić information content (AvgIpc) is 3.20. The first-order valence-electron chi connectivity index (χ1n) is 9.65. The van der Waals surface area contributed by atoms with E-state index < -0.39 is 58.2 Å². The summed E-state index contributed by atoms with van der Waals surface area (Å²) in [6, 6.07) is 1.36. The van der Waals surface area contributed by atoms with Crippen LogP contribution in [0.5, 0.6) is 5.75 Å². The first kappa shape index (κ1) is 25.5. The summed E-state index contributed by atoms with van der Waals surface area (Å²) < 4.78 is 39.2. The van der Waals surface area contributed by atoms with Gasteiger partial charge in [0.15, 0.2) is 22.3 Å². The molecule has 3 N–H and O–H groups in total. The van der Waals surface area contributed by atoms with E-state index in [9.17, 15) is 28.5 Å². The van der Waals surface area contributed by atoms with Crippen LogP contribution in [-0.2, 0) is 11.3 Å². The monoisotopic (exact) mass is 514 g/mol. The molecule has 0 fully saturated rings. The van der Waals surface area contributed by atoms with Crippen molar-refractivity contribution in [1.29, 1.82) is 0 Å². The maximum absolute atomic E-state index is 14.2. The number of anilines is 1. The van der Waals surface area contributed by atoms with Gasteiger partial charge in [0, 0.05) is 23.7 Å². The van der Waals surface area contributed by atoms with Gasteiger partial charge in [0.05, 0.1) is 37.1 Å². The van der Waals surface area contributed by atoms with Crippen molar-refractivity contribution in [3.8, 4) is 5.75 Å². The maximum Gasteiger partial charge on any atom is 0.409 e. The lowest BCUT2D eigenvalue weighted by molar-refractivity contribution is -0.386.